The number of fused-ring (bicyclic) bond motifs is 1. The summed E-state index contributed by atoms with van der Waals surface area (Å²) in [7, 11) is 2.94. The zero-order chi connectivity index (χ0) is 13.3. The van der Waals surface area contributed by atoms with Crippen LogP contribution >= 0.6 is 15.9 Å². The molecular weight excluding hydrogens is 303 g/mol. The average molecular weight is 313 g/mol. The van der Waals surface area contributed by atoms with Gasteiger partial charge in [0, 0.05) is 23.1 Å². The molecule has 6 heteroatoms. The summed E-state index contributed by atoms with van der Waals surface area (Å²) in [6.45, 7) is 0. The van der Waals surface area contributed by atoms with Crippen molar-refractivity contribution in [3.8, 4) is 0 Å². The number of esters is 1. The summed E-state index contributed by atoms with van der Waals surface area (Å²) >= 11 is 3.33. The molecule has 0 saturated carbocycles. The van der Waals surface area contributed by atoms with Gasteiger partial charge in [-0.15, -0.1) is 0 Å². The summed E-state index contributed by atoms with van der Waals surface area (Å²) in [5.41, 5.74) is 0.943. The molecule has 94 valence electrons. The van der Waals surface area contributed by atoms with Gasteiger partial charge in [-0.2, -0.15) is 0 Å². The number of benzene rings is 1. The molecule has 18 heavy (non-hydrogen) atoms. The Morgan fingerprint density at radius 3 is 2.83 bits per heavy atom. The van der Waals surface area contributed by atoms with Crippen LogP contribution in [0.3, 0.4) is 0 Å². The Hall–Kier alpha value is -1.69. The van der Waals surface area contributed by atoms with Crippen LogP contribution in [0.15, 0.2) is 22.8 Å². The molecule has 0 saturated heterocycles. The van der Waals surface area contributed by atoms with E-state index in [0.717, 1.165) is 0 Å². The SMILES string of the molecule is CNc1c(C(=O)OC)cnc2c(F)ccc(Br)c12. The Morgan fingerprint density at radius 2 is 2.22 bits per heavy atom. The third-order valence-electron chi connectivity index (χ3n) is 2.58. The van der Waals surface area contributed by atoms with E-state index in [0.29, 0.717) is 15.5 Å². The maximum Gasteiger partial charge on any atom is 0.341 e. The quantitative estimate of drug-likeness (QED) is 0.866. The van der Waals surface area contributed by atoms with Crippen LogP contribution in [0.4, 0.5) is 10.1 Å². The van der Waals surface area contributed by atoms with Gasteiger partial charge in [-0.05, 0) is 12.1 Å². The van der Waals surface area contributed by atoms with Gasteiger partial charge in [0.25, 0.3) is 0 Å². The van der Waals surface area contributed by atoms with E-state index in [-0.39, 0.29) is 11.1 Å². The highest BCUT2D eigenvalue weighted by Gasteiger charge is 2.18. The number of pyridine rings is 1. The number of nitrogens with zero attached hydrogens (tertiary/aromatic N) is 1. The minimum atomic E-state index is -0.523. The summed E-state index contributed by atoms with van der Waals surface area (Å²) in [6.07, 6.45) is 1.30. The fourth-order valence-corrected chi connectivity index (χ4v) is 2.28. The average Bonchev–Trinajstić information content (AvgIpc) is 2.40. The summed E-state index contributed by atoms with van der Waals surface area (Å²) in [5.74, 6) is -0.967. The van der Waals surface area contributed by atoms with E-state index in [9.17, 15) is 9.18 Å². The van der Waals surface area contributed by atoms with Crippen molar-refractivity contribution in [3.05, 3.63) is 34.2 Å². The number of rotatable bonds is 2. The molecule has 0 radical (unpaired) electrons. The Morgan fingerprint density at radius 1 is 1.50 bits per heavy atom. The van der Waals surface area contributed by atoms with E-state index in [1.54, 1.807) is 13.1 Å². The first kappa shape index (κ1) is 12.8. The van der Waals surface area contributed by atoms with Crippen LogP contribution in [0.5, 0.6) is 0 Å². The maximum atomic E-state index is 13.7. The van der Waals surface area contributed by atoms with Gasteiger partial charge in [0.1, 0.15) is 16.9 Å². The lowest BCUT2D eigenvalue weighted by Gasteiger charge is -2.12. The topological polar surface area (TPSA) is 51.2 Å². The molecule has 2 rings (SSSR count). The van der Waals surface area contributed by atoms with Gasteiger partial charge >= 0.3 is 5.97 Å². The molecule has 1 aromatic heterocycles. The number of ether oxygens (including phenoxy) is 1. The molecule has 0 fully saturated rings. The third kappa shape index (κ3) is 1.92. The van der Waals surface area contributed by atoms with Crippen LogP contribution < -0.4 is 5.32 Å². The number of carbonyl (C=O) groups is 1. The highest BCUT2D eigenvalue weighted by atomic mass is 79.9. The first-order valence-electron chi connectivity index (χ1n) is 5.13. The van der Waals surface area contributed by atoms with Crippen molar-refractivity contribution in [1.82, 2.24) is 4.98 Å². The number of hydrogen-bond donors (Lipinski definition) is 1. The zero-order valence-electron chi connectivity index (χ0n) is 9.75. The number of methoxy groups -OCH3 is 1. The Kier molecular flexibility index (Phi) is 3.47. The Labute approximate surface area is 111 Å². The molecule has 0 amide bonds. The lowest BCUT2D eigenvalue weighted by atomic mass is 10.1. The molecule has 0 aliphatic rings. The fourth-order valence-electron chi connectivity index (χ4n) is 1.76. The van der Waals surface area contributed by atoms with Crippen molar-refractivity contribution in [2.24, 2.45) is 0 Å². The van der Waals surface area contributed by atoms with E-state index in [1.807, 2.05) is 0 Å². The molecule has 0 atom stereocenters. The Balaban J connectivity index is 2.87. The third-order valence-corrected chi connectivity index (χ3v) is 3.24. The monoisotopic (exact) mass is 312 g/mol. The summed E-state index contributed by atoms with van der Waals surface area (Å²) < 4.78 is 19.0. The van der Waals surface area contributed by atoms with Crippen molar-refractivity contribution in [2.45, 2.75) is 0 Å². The second kappa shape index (κ2) is 4.89. The smallest absolute Gasteiger partial charge is 0.341 e. The van der Waals surface area contributed by atoms with Crippen LogP contribution in [-0.4, -0.2) is 25.1 Å². The summed E-state index contributed by atoms with van der Waals surface area (Å²) in [5, 5.41) is 3.40. The number of aromatic nitrogens is 1. The number of halogens is 2. The molecule has 0 aliphatic heterocycles. The number of nitrogens with one attached hydrogen (secondary N) is 1. The van der Waals surface area contributed by atoms with Crippen molar-refractivity contribution >= 4 is 38.5 Å². The van der Waals surface area contributed by atoms with Crippen LogP contribution in [0, 0.1) is 5.82 Å². The number of anilines is 1. The predicted molar refractivity (Wildman–Crippen MR) is 70.3 cm³/mol. The zero-order valence-corrected chi connectivity index (χ0v) is 11.3. The molecule has 1 heterocycles. The van der Waals surface area contributed by atoms with Crippen LogP contribution in [0.2, 0.25) is 0 Å². The van der Waals surface area contributed by atoms with Crippen molar-refractivity contribution in [2.75, 3.05) is 19.5 Å². The van der Waals surface area contributed by atoms with E-state index in [2.05, 4.69) is 31.0 Å². The summed E-state index contributed by atoms with van der Waals surface area (Å²) in [6, 6.07) is 2.89. The molecule has 0 spiro atoms. The van der Waals surface area contributed by atoms with Crippen molar-refractivity contribution in [1.29, 1.82) is 0 Å². The summed E-state index contributed by atoms with van der Waals surface area (Å²) in [4.78, 5) is 15.6. The van der Waals surface area contributed by atoms with Crippen LogP contribution in [0.1, 0.15) is 10.4 Å². The second-order valence-electron chi connectivity index (χ2n) is 3.54. The molecule has 1 N–H and O–H groups in total. The van der Waals surface area contributed by atoms with Crippen LogP contribution in [-0.2, 0) is 4.74 Å². The standard InChI is InChI=1S/C12H10BrFN2O2/c1-15-10-6(12(17)18-2)5-16-11-8(14)4-3-7(13)9(10)11/h3-5H,1-2H3,(H,15,16). The number of hydrogen-bond acceptors (Lipinski definition) is 4. The highest BCUT2D eigenvalue weighted by molar-refractivity contribution is 9.10. The van der Waals surface area contributed by atoms with Gasteiger partial charge in [-0.25, -0.2) is 9.18 Å². The van der Waals surface area contributed by atoms with Gasteiger partial charge in [-0.1, -0.05) is 15.9 Å². The van der Waals surface area contributed by atoms with Gasteiger partial charge in [-0.3, -0.25) is 4.98 Å². The molecule has 4 nitrogen and oxygen atoms in total. The normalized spacial score (nSPS) is 10.4. The van der Waals surface area contributed by atoms with Gasteiger partial charge in [0.15, 0.2) is 0 Å². The van der Waals surface area contributed by atoms with E-state index < -0.39 is 11.8 Å². The highest BCUT2D eigenvalue weighted by Crippen LogP contribution is 2.33. The van der Waals surface area contributed by atoms with Crippen LogP contribution in [0.25, 0.3) is 10.9 Å². The van der Waals surface area contributed by atoms with E-state index >= 15 is 0 Å². The van der Waals surface area contributed by atoms with Crippen molar-refractivity contribution in [3.63, 3.8) is 0 Å². The molecule has 2 aromatic rings. The molecule has 0 unspecified atom stereocenters. The minimum absolute atomic E-state index is 0.196. The first-order valence-corrected chi connectivity index (χ1v) is 5.92. The Bertz CT molecular complexity index is 631. The largest absolute Gasteiger partial charge is 0.465 e. The maximum absolute atomic E-state index is 13.7. The van der Waals surface area contributed by atoms with E-state index in [1.165, 1.54) is 19.4 Å². The lowest BCUT2D eigenvalue weighted by Crippen LogP contribution is -2.07. The molecular formula is C12H10BrFN2O2. The van der Waals surface area contributed by atoms with E-state index in [4.69, 9.17) is 0 Å². The van der Waals surface area contributed by atoms with Gasteiger partial charge in [0.2, 0.25) is 0 Å². The second-order valence-corrected chi connectivity index (χ2v) is 4.40. The first-order chi connectivity index (χ1) is 8.60. The van der Waals surface area contributed by atoms with Gasteiger partial charge < -0.3 is 10.1 Å². The molecule has 1 aromatic carbocycles. The van der Waals surface area contributed by atoms with Gasteiger partial charge in [0.05, 0.1) is 12.8 Å². The molecule has 0 aliphatic carbocycles. The fraction of sp³-hybridized carbons (Fsp3) is 0.167. The van der Waals surface area contributed by atoms with Crippen molar-refractivity contribution < 1.29 is 13.9 Å². The lowest BCUT2D eigenvalue weighted by molar-refractivity contribution is 0.0601. The molecule has 0 bridgehead atoms. The minimum Gasteiger partial charge on any atom is -0.465 e. The number of carbonyl (C=O) groups excluding carboxylic acids is 1. The predicted octanol–water partition coefficient (Wildman–Crippen LogP) is 2.96.